The number of ether oxygens (including phenoxy) is 6. The summed E-state index contributed by atoms with van der Waals surface area (Å²) < 4.78 is 33.8. The van der Waals surface area contributed by atoms with Gasteiger partial charge in [0.2, 0.25) is 0 Å². The van der Waals surface area contributed by atoms with Gasteiger partial charge < -0.3 is 28.7 Å². The molecule has 4 aliphatic carbocycles. The second kappa shape index (κ2) is 70.6. The number of rotatable bonds is 16. The van der Waals surface area contributed by atoms with Crippen LogP contribution in [0, 0.1) is 101 Å². The number of aliphatic hydroxyl groups excluding tert-OH is 1. The Labute approximate surface area is 714 Å². The summed E-state index contributed by atoms with van der Waals surface area (Å²) in [6, 6.07) is 6.08. The molecule has 5 unspecified atom stereocenters. The summed E-state index contributed by atoms with van der Waals surface area (Å²) in [4.78, 5) is 58.1. The van der Waals surface area contributed by atoms with Gasteiger partial charge in [0.1, 0.15) is 5.75 Å². The van der Waals surface area contributed by atoms with Gasteiger partial charge in [0.15, 0.2) is 0 Å². The first-order valence-corrected chi connectivity index (χ1v) is 33.1. The van der Waals surface area contributed by atoms with E-state index in [2.05, 4.69) is 81.2 Å². The summed E-state index contributed by atoms with van der Waals surface area (Å²) in [5, 5.41) is 10.9. The van der Waals surface area contributed by atoms with E-state index in [1.165, 1.54) is 80.2 Å². The summed E-state index contributed by atoms with van der Waals surface area (Å²) in [6.45, 7) is 33.1. The predicted molar refractivity (Wildman–Crippen MR) is 364 cm³/mol. The van der Waals surface area contributed by atoms with Crippen molar-refractivity contribution in [1.29, 1.82) is 0 Å². The van der Waals surface area contributed by atoms with Crippen molar-refractivity contribution in [3.8, 4) is 18.1 Å². The molecule has 3 saturated carbocycles. The molecule has 1 aliphatic heterocycles. The molecule has 92 heavy (non-hydrogen) atoms. The number of fused-ring (bicyclic) bond motifs is 1. The van der Waals surface area contributed by atoms with Crippen LogP contribution in [0.25, 0.3) is 0 Å². The zero-order chi connectivity index (χ0) is 62.9. The number of benzene rings is 1. The minimum absolute atomic E-state index is 0. The molecule has 2 amide bonds. The first-order chi connectivity index (χ1) is 39.8. The average Bonchev–Trinajstić information content (AvgIpc) is 1.90. The summed E-state index contributed by atoms with van der Waals surface area (Å²) >= 11 is 4.99. The van der Waals surface area contributed by atoms with Crippen molar-refractivity contribution in [2.45, 2.75) is 167 Å². The first kappa shape index (κ1) is 114. The minimum Gasteiger partial charge on any atom is 0 e. The number of methoxy groups -OCH3 is 3. The quantitative estimate of drug-likeness (QED) is 0.0234. The van der Waals surface area contributed by atoms with E-state index in [4.69, 9.17) is 53.3 Å². The van der Waals surface area contributed by atoms with Gasteiger partial charge in [-0.05, 0) is 26.0 Å². The summed E-state index contributed by atoms with van der Waals surface area (Å²) in [5.74, 6) is 3.36. The Hall–Kier alpha value is 1.14. The van der Waals surface area contributed by atoms with Gasteiger partial charge in [0, 0.05) is 137 Å². The number of halogens is 1. The number of carbonyl (C=O) groups is 5. The number of hydrogen-bond acceptors (Lipinski definition) is 13. The topological polar surface area (TPSA) is 173 Å². The molecule has 1 aromatic rings. The molecule has 5 aliphatic rings. The van der Waals surface area contributed by atoms with Crippen molar-refractivity contribution in [3.63, 3.8) is 0 Å². The number of terminal acetylenes is 1. The van der Waals surface area contributed by atoms with Crippen molar-refractivity contribution in [2.75, 3.05) is 41.2 Å². The van der Waals surface area contributed by atoms with Gasteiger partial charge in [-0.3, -0.25) is 4.79 Å². The van der Waals surface area contributed by atoms with Crippen LogP contribution < -0.4 is 10.1 Å². The van der Waals surface area contributed by atoms with E-state index >= 15 is 0 Å². The molecule has 4 fully saturated rings. The van der Waals surface area contributed by atoms with Crippen LogP contribution in [-0.4, -0.2) is 92.3 Å². The third-order valence-electron chi connectivity index (χ3n) is 12.0. The molecule has 6 rings (SSSR count). The molecular formula is C70H103INO12SW3Y4-11. The Morgan fingerprint density at radius 1 is 0.641 bits per heavy atom. The molecule has 1 saturated heterocycles. The zero-order valence-electron chi connectivity index (χ0n) is 53.0. The maximum Gasteiger partial charge on any atom is 0 e. The fourth-order valence-corrected chi connectivity index (χ4v) is 13.3. The number of nitrogens with one attached hydrogen (secondary N) is 1. The molecule has 1 heterocycles. The molecule has 13 nitrogen and oxygen atoms in total. The van der Waals surface area contributed by atoms with Crippen LogP contribution in [0.3, 0.4) is 0 Å². The largest absolute Gasteiger partial charge is 0 e. The first-order valence-electron chi connectivity index (χ1n) is 27.8. The molecule has 22 heteroatoms. The van der Waals surface area contributed by atoms with Crippen molar-refractivity contribution in [3.05, 3.63) is 153 Å². The van der Waals surface area contributed by atoms with Crippen molar-refractivity contribution in [1.82, 2.24) is 5.32 Å². The number of carbonyl (C=O) groups excluding carboxylic acids is 5. The number of hydrogen-bond donors (Lipinski definition) is 2. The fraction of sp³-hybridized carbons (Fsp3) is 0.486. The number of amides is 2. The molecule has 0 aromatic heterocycles. The standard InChI is InChI=1S/C16H20O3.C15H19O3.C14H14NO3S.C14H17O3.C3H4.2C2H6.4CH4.HI.3W.4Y/c1-3-19-16(17)11-13-7-5-4-6-12-10-14(18-2)8-9-15(12)13;1-4-18-15(16)11-14-8-6-5-7-13(10-14)9-12(2)17-3;1-9(18-2)7-10-5-3-4-6-11(8-10)12-13(16)15-14(17)19-12;1-3-17-14(16)10-13-7-5-4-6-12(9-13)8-11(2)15;1-3-2;2*1-2;;;;;;;;;;;;/h4,7-10,13H,3,5-6,11H2,1-2H3;2,5,8-9,14H,4,6-7,11H2,1,3H3;1,3,6-7,11-12H,4-5H2,2H3,(H,15,16,17);2,4,7-8,13,15H,3,5-6,10H2,1H3;1H,2H3;2*1-2H3;4*1H4;1H;;;;;;;/q-2;3*-3;;;;;;;;;;;;;;;. The molecular weight excluding hydrogens is 2110 g/mol. The van der Waals surface area contributed by atoms with E-state index in [1.807, 2.05) is 59.8 Å². The van der Waals surface area contributed by atoms with Crippen LogP contribution in [0.1, 0.15) is 166 Å². The van der Waals surface area contributed by atoms with Gasteiger partial charge in [-0.25, -0.2) is 0 Å². The second-order valence-electron chi connectivity index (χ2n) is 17.6. The third-order valence-corrected chi connectivity index (χ3v) is 19.1. The Morgan fingerprint density at radius 3 is 1.36 bits per heavy atom. The monoisotopic (exact) mass is 2220 g/mol. The Bertz CT molecular complexity index is 2470. The van der Waals surface area contributed by atoms with E-state index in [0.717, 1.165) is 93.4 Å². The van der Waals surface area contributed by atoms with E-state index in [0.29, 0.717) is 50.6 Å². The van der Waals surface area contributed by atoms with E-state index in [-0.39, 0.29) is 248 Å². The van der Waals surface area contributed by atoms with Crippen LogP contribution in [0.2, 0.25) is 0 Å². The number of esters is 3. The summed E-state index contributed by atoms with van der Waals surface area (Å²) in [5.41, 5.74) is 5.68. The maximum absolute atomic E-state index is 11.9. The molecule has 0 bridgehead atoms. The van der Waals surface area contributed by atoms with Gasteiger partial charge in [0.25, 0.3) is 0 Å². The second-order valence-corrected chi connectivity index (χ2v) is 23.5. The van der Waals surface area contributed by atoms with E-state index < -0.39 is 0 Å². The smallest absolute Gasteiger partial charge is 0 e. The fourth-order valence-electron chi connectivity index (χ4n) is 8.31. The van der Waals surface area contributed by atoms with Gasteiger partial charge in [0.05, 0.1) is 13.7 Å². The van der Waals surface area contributed by atoms with Gasteiger partial charge in [-0.1, -0.05) is 74.6 Å². The summed E-state index contributed by atoms with van der Waals surface area (Å²) in [6.07, 6.45) is 35.1. The Morgan fingerprint density at radius 2 is 1.00 bits per heavy atom. The number of aliphatic hydroxyl groups is 1. The average molecular weight is 2220 g/mol. The van der Waals surface area contributed by atoms with Gasteiger partial charge in [-0.2, -0.15) is 6.42 Å². The Kier molecular flexibility index (Phi) is 87.8. The molecule has 514 valence electrons. The van der Waals surface area contributed by atoms with Crippen LogP contribution in [0.4, 0.5) is 4.79 Å². The van der Waals surface area contributed by atoms with Crippen LogP contribution in [-0.2, 0) is 238 Å². The van der Waals surface area contributed by atoms with Crippen LogP contribution >= 0.6 is 35.7 Å². The summed E-state index contributed by atoms with van der Waals surface area (Å²) in [7, 11) is 4.75. The van der Waals surface area contributed by atoms with Gasteiger partial charge in [-0.15, -0.1) is 42.2 Å². The number of imide groups is 1. The van der Waals surface area contributed by atoms with Crippen LogP contribution in [0.5, 0.6) is 5.75 Å². The molecule has 0 spiro atoms. The van der Waals surface area contributed by atoms with Crippen molar-refractivity contribution < 1.29 is 246 Å². The van der Waals surface area contributed by atoms with Crippen molar-refractivity contribution in [2.24, 2.45) is 17.8 Å². The number of thioether (sulfide) groups is 1. The van der Waals surface area contributed by atoms with Crippen molar-refractivity contribution >= 4 is 76.5 Å². The normalized spacial score (nSPS) is 19.3. The predicted octanol–water partition coefficient (Wildman–Crippen LogP) is 15.3. The van der Waals surface area contributed by atoms with Crippen LogP contribution in [0.15, 0.2) is 70.4 Å². The van der Waals surface area contributed by atoms with E-state index in [9.17, 15) is 24.0 Å². The van der Waals surface area contributed by atoms with Gasteiger partial charge >= 0.3 is 385 Å². The molecule has 4 radical (unpaired) electrons. The molecule has 2 N–H and O–H groups in total. The number of allylic oxidation sites excluding steroid dienone is 6. The minimum atomic E-state index is -0.367. The molecule has 5 atom stereocenters. The molecule has 1 aromatic carbocycles. The van der Waals surface area contributed by atoms with E-state index in [1.54, 1.807) is 34.1 Å². The Balaban J connectivity index is -0.000000114. The maximum atomic E-state index is 11.9. The zero-order valence-corrected chi connectivity index (χ0v) is 76.3. The third kappa shape index (κ3) is 47.3. The SMILES string of the molecule is C.C.C.C.C#CC.CC.CC.CCOC(=O)CC1[CH-]C[CH-]Cc2cc(OC)ccc21.I.[CH-]=C(C=C1C[CH-]C[CH-]C(C2SC(=O)NC2=O)[C]1=[W])OC.[CH-]=C(C=C1C[CH-]C[CH-]C(CC(=O)OCC)[C]1=[W])OC.[CH-]=C(O)C=C1C[CH-]C[CH-]C(CC(=O)OCC)[C]1=[W].[Y].[Y].[Y].[Y].